The topological polar surface area (TPSA) is 154 Å². The Kier molecular flexibility index (Phi) is 7.95. The molecule has 210 valence electrons. The molecule has 4 unspecified atom stereocenters. The normalized spacial score (nSPS) is 27.3. The van der Waals surface area contributed by atoms with Gasteiger partial charge in [-0.2, -0.15) is 0 Å². The zero-order valence-electron chi connectivity index (χ0n) is 23.7. The van der Waals surface area contributed by atoms with Crippen molar-refractivity contribution in [1.29, 1.82) is 0 Å². The predicted molar refractivity (Wildman–Crippen MR) is 140 cm³/mol. The Hall–Kier alpha value is -2.36. The highest BCUT2D eigenvalue weighted by Crippen LogP contribution is 2.65. The third-order valence-electron chi connectivity index (χ3n) is 8.45. The fraction of sp³-hybridized carbons (Fsp3) is 0.852. The van der Waals surface area contributed by atoms with Crippen LogP contribution < -0.4 is 21.7 Å². The van der Waals surface area contributed by atoms with E-state index < -0.39 is 47.1 Å². The number of nitrogens with two attached hydrogens (primary N) is 1. The van der Waals surface area contributed by atoms with Crippen LogP contribution in [0.1, 0.15) is 81.1 Å². The molecular weight excluding hydrogens is 474 g/mol. The van der Waals surface area contributed by atoms with E-state index in [0.29, 0.717) is 18.9 Å². The molecule has 6 N–H and O–H groups in total. The van der Waals surface area contributed by atoms with Crippen molar-refractivity contribution in [2.45, 2.75) is 111 Å². The number of piperidine rings is 1. The van der Waals surface area contributed by atoms with E-state index in [0.717, 1.165) is 19.3 Å². The van der Waals surface area contributed by atoms with Gasteiger partial charge < -0.3 is 31.7 Å². The van der Waals surface area contributed by atoms with E-state index in [1.54, 1.807) is 4.90 Å². The van der Waals surface area contributed by atoms with Gasteiger partial charge in [-0.3, -0.25) is 14.4 Å². The Bertz CT molecular complexity index is 917. The average Bonchev–Trinajstić information content (AvgIpc) is 3.06. The van der Waals surface area contributed by atoms with Crippen LogP contribution >= 0.6 is 0 Å². The second kappa shape index (κ2) is 10.1. The highest BCUT2D eigenvalue weighted by molar-refractivity contribution is 5.94. The summed E-state index contributed by atoms with van der Waals surface area (Å²) in [5.74, 6) is -1.15. The van der Waals surface area contributed by atoms with Crippen molar-refractivity contribution in [3.63, 3.8) is 0 Å². The maximum Gasteiger partial charge on any atom is 0.315 e. The van der Waals surface area contributed by atoms with Crippen LogP contribution in [-0.2, 0) is 14.4 Å². The van der Waals surface area contributed by atoms with Crippen LogP contribution in [-0.4, -0.2) is 70.1 Å². The molecule has 10 heteroatoms. The maximum atomic E-state index is 13.9. The molecule has 0 radical (unpaired) electrons. The fourth-order valence-electron chi connectivity index (χ4n) is 5.96. The number of nitrogens with one attached hydrogen (secondary N) is 3. The Balaban J connectivity index is 1.83. The van der Waals surface area contributed by atoms with Crippen LogP contribution in [0.15, 0.2) is 0 Å². The van der Waals surface area contributed by atoms with Gasteiger partial charge in [0.25, 0.3) is 0 Å². The van der Waals surface area contributed by atoms with Crippen LogP contribution in [0.4, 0.5) is 4.79 Å². The zero-order valence-corrected chi connectivity index (χ0v) is 23.7. The summed E-state index contributed by atoms with van der Waals surface area (Å²) in [5, 5.41) is 19.0. The number of hydrogen-bond donors (Lipinski definition) is 5. The summed E-state index contributed by atoms with van der Waals surface area (Å²) in [6, 6.07) is -2.86. The van der Waals surface area contributed by atoms with Gasteiger partial charge in [-0.05, 0) is 55.8 Å². The molecule has 2 aliphatic carbocycles. The van der Waals surface area contributed by atoms with Gasteiger partial charge in [-0.25, -0.2) is 4.79 Å². The van der Waals surface area contributed by atoms with Crippen molar-refractivity contribution in [3.05, 3.63) is 0 Å². The second-order valence-electron chi connectivity index (χ2n) is 14.0. The van der Waals surface area contributed by atoms with Crippen LogP contribution in [0.2, 0.25) is 0 Å². The number of likely N-dealkylation sites (tertiary alicyclic amines) is 1. The highest BCUT2D eigenvalue weighted by Gasteiger charge is 2.69. The van der Waals surface area contributed by atoms with E-state index >= 15 is 0 Å². The number of carbonyl (C=O) groups is 4. The molecule has 5 amide bonds. The SMILES string of the molecule is CC(C)(C)NC(=O)N[C@H](C(=O)N1CC2C([C@H]1C(=O)NC(CC1CCC1)C(O)C(N)=O)C2(C)C)C(C)(C)C. The first-order valence-corrected chi connectivity index (χ1v) is 13.5. The maximum absolute atomic E-state index is 13.9. The molecule has 10 nitrogen and oxygen atoms in total. The molecule has 1 aliphatic heterocycles. The van der Waals surface area contributed by atoms with Crippen molar-refractivity contribution in [1.82, 2.24) is 20.9 Å². The molecular formula is C27H47N5O5. The van der Waals surface area contributed by atoms with Crippen molar-refractivity contribution in [2.24, 2.45) is 34.3 Å². The number of primary amides is 1. The number of urea groups is 1. The molecule has 2 saturated carbocycles. The van der Waals surface area contributed by atoms with Crippen molar-refractivity contribution in [2.75, 3.05) is 6.54 Å². The quantitative estimate of drug-likeness (QED) is 0.328. The summed E-state index contributed by atoms with van der Waals surface area (Å²) >= 11 is 0. The van der Waals surface area contributed by atoms with Crippen LogP contribution in [0.25, 0.3) is 0 Å². The third-order valence-corrected chi connectivity index (χ3v) is 8.45. The van der Waals surface area contributed by atoms with Gasteiger partial charge in [0.2, 0.25) is 17.7 Å². The van der Waals surface area contributed by atoms with Gasteiger partial charge in [0.1, 0.15) is 12.1 Å². The number of rotatable bonds is 8. The smallest absolute Gasteiger partial charge is 0.315 e. The standard InChI is InChI=1S/C27H47N5O5/c1-25(2,3)20(30-24(37)31-26(4,5)6)23(36)32-13-15-17(27(15,7)8)18(32)22(35)29-16(19(33)21(28)34)12-14-10-9-11-14/h14-20,33H,9-13H2,1-8H3,(H2,28,34)(H,29,35)(H2,30,31,37)/t15?,16?,17?,18-,19?,20+/m0/s1. The number of aliphatic hydroxyl groups is 1. The first kappa shape index (κ1) is 29.2. The highest BCUT2D eigenvalue weighted by atomic mass is 16.3. The molecule has 0 aromatic rings. The Labute approximate surface area is 220 Å². The minimum atomic E-state index is -1.50. The summed E-state index contributed by atoms with van der Waals surface area (Å²) in [6.07, 6.45) is 2.03. The monoisotopic (exact) mass is 521 g/mol. The van der Waals surface area contributed by atoms with Crippen LogP contribution in [0.3, 0.4) is 0 Å². The van der Waals surface area contributed by atoms with E-state index in [-0.39, 0.29) is 29.1 Å². The van der Waals surface area contributed by atoms with E-state index in [1.807, 2.05) is 41.5 Å². The van der Waals surface area contributed by atoms with E-state index in [1.165, 1.54) is 0 Å². The predicted octanol–water partition coefficient (Wildman–Crippen LogP) is 1.50. The molecule has 3 rings (SSSR count). The molecule has 1 saturated heterocycles. The second-order valence-corrected chi connectivity index (χ2v) is 14.0. The lowest BCUT2D eigenvalue weighted by atomic mass is 9.79. The molecule has 3 fully saturated rings. The van der Waals surface area contributed by atoms with Crippen LogP contribution in [0.5, 0.6) is 0 Å². The number of fused-ring (bicyclic) bond motifs is 1. The number of nitrogens with zero attached hydrogens (tertiary/aromatic N) is 1. The van der Waals surface area contributed by atoms with Gasteiger partial charge in [0.15, 0.2) is 6.10 Å². The molecule has 0 spiro atoms. The number of carbonyl (C=O) groups excluding carboxylic acids is 4. The Morgan fingerprint density at radius 1 is 1.05 bits per heavy atom. The molecule has 0 aromatic heterocycles. The fourth-order valence-corrected chi connectivity index (χ4v) is 5.96. The number of aliphatic hydroxyl groups excluding tert-OH is 1. The summed E-state index contributed by atoms with van der Waals surface area (Å²) in [5.41, 5.74) is 4.19. The summed E-state index contributed by atoms with van der Waals surface area (Å²) < 4.78 is 0. The molecule has 6 atom stereocenters. The van der Waals surface area contributed by atoms with Crippen LogP contribution in [0, 0.1) is 28.6 Å². The van der Waals surface area contributed by atoms with Gasteiger partial charge >= 0.3 is 6.03 Å². The molecule has 0 bridgehead atoms. The lowest BCUT2D eigenvalue weighted by Crippen LogP contribution is -2.62. The van der Waals surface area contributed by atoms with Crippen molar-refractivity contribution < 1.29 is 24.3 Å². The first-order chi connectivity index (χ1) is 16.8. The van der Waals surface area contributed by atoms with Gasteiger partial charge in [0, 0.05) is 12.1 Å². The summed E-state index contributed by atoms with van der Waals surface area (Å²) in [6.45, 7) is 15.8. The van der Waals surface area contributed by atoms with Crippen molar-refractivity contribution >= 4 is 23.8 Å². The Morgan fingerprint density at radius 3 is 2.11 bits per heavy atom. The minimum absolute atomic E-state index is 0.0458. The minimum Gasteiger partial charge on any atom is -0.381 e. The molecule has 1 heterocycles. The summed E-state index contributed by atoms with van der Waals surface area (Å²) in [4.78, 5) is 53.7. The molecule has 3 aliphatic rings. The average molecular weight is 522 g/mol. The van der Waals surface area contributed by atoms with Gasteiger partial charge in [-0.15, -0.1) is 0 Å². The molecule has 37 heavy (non-hydrogen) atoms. The zero-order chi connectivity index (χ0) is 28.1. The van der Waals surface area contributed by atoms with Crippen molar-refractivity contribution in [3.8, 4) is 0 Å². The van der Waals surface area contributed by atoms with Gasteiger partial charge in [0.05, 0.1) is 6.04 Å². The largest absolute Gasteiger partial charge is 0.381 e. The van der Waals surface area contributed by atoms with E-state index in [9.17, 15) is 24.3 Å². The lowest BCUT2D eigenvalue weighted by Gasteiger charge is -2.39. The summed E-state index contributed by atoms with van der Waals surface area (Å²) in [7, 11) is 0. The van der Waals surface area contributed by atoms with Gasteiger partial charge in [-0.1, -0.05) is 53.9 Å². The lowest BCUT2D eigenvalue weighted by molar-refractivity contribution is -0.144. The van der Waals surface area contributed by atoms with E-state index in [2.05, 4.69) is 29.8 Å². The Morgan fingerprint density at radius 2 is 1.65 bits per heavy atom. The first-order valence-electron chi connectivity index (χ1n) is 13.5. The van der Waals surface area contributed by atoms with E-state index in [4.69, 9.17) is 5.73 Å². The third kappa shape index (κ3) is 6.38. The number of amides is 5. The molecule has 0 aromatic carbocycles. The number of hydrogen-bond acceptors (Lipinski definition) is 5.